The Morgan fingerprint density at radius 3 is 2.27 bits per heavy atom. The lowest BCUT2D eigenvalue weighted by molar-refractivity contribution is 0.590. The lowest BCUT2D eigenvalue weighted by Gasteiger charge is -2.24. The van der Waals surface area contributed by atoms with Gasteiger partial charge in [0.15, 0.2) is 0 Å². The molecular formula is C22H28. The molecule has 2 aromatic rings. The molecule has 1 aliphatic carbocycles. The normalized spacial score (nSPS) is 14.8. The Balaban J connectivity index is 2.21. The summed E-state index contributed by atoms with van der Waals surface area (Å²) in [6, 6.07) is 11.8. The van der Waals surface area contributed by atoms with Gasteiger partial charge >= 0.3 is 0 Å². The maximum atomic E-state index is 2.43. The molecule has 0 aliphatic heterocycles. The molecule has 0 nitrogen and oxygen atoms in total. The van der Waals surface area contributed by atoms with E-state index < -0.39 is 0 Å². The van der Waals surface area contributed by atoms with E-state index in [2.05, 4.69) is 65.0 Å². The molecule has 0 fully saturated rings. The van der Waals surface area contributed by atoms with E-state index in [1.54, 1.807) is 11.1 Å². The van der Waals surface area contributed by atoms with Crippen LogP contribution in [0, 0.1) is 13.8 Å². The summed E-state index contributed by atoms with van der Waals surface area (Å²) in [5, 5.41) is 0. The molecule has 0 N–H and O–H groups in total. The molecule has 0 spiro atoms. The highest BCUT2D eigenvalue weighted by molar-refractivity contribution is 5.73. The fraction of sp³-hybridized carbons (Fsp3) is 0.455. The first-order valence-corrected chi connectivity index (χ1v) is 8.60. The highest BCUT2D eigenvalue weighted by atomic mass is 14.2. The minimum atomic E-state index is 0.201. The third kappa shape index (κ3) is 2.84. The molecule has 0 amide bonds. The van der Waals surface area contributed by atoms with Crippen LogP contribution in [-0.4, -0.2) is 0 Å². The molecule has 1 aliphatic rings. The smallest absolute Gasteiger partial charge is 0.0132 e. The summed E-state index contributed by atoms with van der Waals surface area (Å²) >= 11 is 0. The number of benzene rings is 2. The lowest BCUT2D eigenvalue weighted by Crippen LogP contribution is -2.12. The molecular weight excluding hydrogens is 264 g/mol. The van der Waals surface area contributed by atoms with Crippen molar-refractivity contribution in [2.75, 3.05) is 0 Å². The molecule has 2 aromatic carbocycles. The van der Waals surface area contributed by atoms with Crippen LogP contribution < -0.4 is 0 Å². The summed E-state index contributed by atoms with van der Waals surface area (Å²) < 4.78 is 0. The number of hydrogen-bond donors (Lipinski definition) is 0. The Kier molecular flexibility index (Phi) is 3.89. The quantitative estimate of drug-likeness (QED) is 0.591. The van der Waals surface area contributed by atoms with E-state index in [1.807, 2.05) is 0 Å². The Hall–Kier alpha value is -1.56. The van der Waals surface area contributed by atoms with E-state index in [0.717, 1.165) is 0 Å². The van der Waals surface area contributed by atoms with E-state index in [1.165, 1.54) is 53.5 Å². The van der Waals surface area contributed by atoms with Gasteiger partial charge in [0, 0.05) is 0 Å². The number of aryl methyl sites for hydroxylation is 3. The predicted octanol–water partition coefficient (Wildman–Crippen LogP) is 6.15. The SMILES string of the molecule is Cc1cc2c(c(-c3cc(C(C)(C)C)ccc3C)c1)CCCC2. The maximum absolute atomic E-state index is 2.43. The van der Waals surface area contributed by atoms with Crippen LogP contribution in [0.25, 0.3) is 11.1 Å². The summed E-state index contributed by atoms with van der Waals surface area (Å²) in [6.45, 7) is 11.4. The van der Waals surface area contributed by atoms with Crippen LogP contribution in [-0.2, 0) is 18.3 Å². The Morgan fingerprint density at radius 1 is 0.818 bits per heavy atom. The van der Waals surface area contributed by atoms with Crippen LogP contribution in [0.4, 0.5) is 0 Å². The van der Waals surface area contributed by atoms with Crippen LogP contribution >= 0.6 is 0 Å². The van der Waals surface area contributed by atoms with Crippen molar-refractivity contribution in [2.45, 2.75) is 65.7 Å². The minimum Gasteiger partial charge on any atom is -0.0584 e. The van der Waals surface area contributed by atoms with Gasteiger partial charge in [0.05, 0.1) is 0 Å². The van der Waals surface area contributed by atoms with Gasteiger partial charge in [0.1, 0.15) is 0 Å². The molecule has 22 heavy (non-hydrogen) atoms. The molecule has 0 aromatic heterocycles. The van der Waals surface area contributed by atoms with E-state index in [0.29, 0.717) is 0 Å². The third-order valence-electron chi connectivity index (χ3n) is 5.00. The van der Waals surface area contributed by atoms with Crippen LogP contribution in [0.3, 0.4) is 0 Å². The van der Waals surface area contributed by atoms with Crippen molar-refractivity contribution in [1.82, 2.24) is 0 Å². The zero-order valence-corrected chi connectivity index (χ0v) is 14.7. The third-order valence-corrected chi connectivity index (χ3v) is 5.00. The molecule has 0 radical (unpaired) electrons. The number of hydrogen-bond acceptors (Lipinski definition) is 0. The molecule has 3 rings (SSSR count). The van der Waals surface area contributed by atoms with Gasteiger partial charge in [-0.1, -0.05) is 56.7 Å². The standard InChI is InChI=1S/C22H28/c1-15-12-17-8-6-7-9-19(17)21(13-15)20-14-18(22(3,4)5)11-10-16(20)2/h10-14H,6-9H2,1-5H3. The Labute approximate surface area is 135 Å². The number of fused-ring (bicyclic) bond motifs is 1. The van der Waals surface area contributed by atoms with Gasteiger partial charge < -0.3 is 0 Å². The van der Waals surface area contributed by atoms with Crippen molar-refractivity contribution in [3.8, 4) is 11.1 Å². The van der Waals surface area contributed by atoms with Crippen LogP contribution in [0.2, 0.25) is 0 Å². The molecule has 0 saturated carbocycles. The summed E-state index contributed by atoms with van der Waals surface area (Å²) in [6.07, 6.45) is 5.17. The van der Waals surface area contributed by atoms with Crippen molar-refractivity contribution in [3.05, 3.63) is 58.1 Å². The van der Waals surface area contributed by atoms with Gasteiger partial charge in [-0.05, 0) is 78.3 Å². The lowest BCUT2D eigenvalue weighted by atomic mass is 9.80. The van der Waals surface area contributed by atoms with E-state index in [9.17, 15) is 0 Å². The van der Waals surface area contributed by atoms with Gasteiger partial charge in [-0.15, -0.1) is 0 Å². The van der Waals surface area contributed by atoms with E-state index in [4.69, 9.17) is 0 Å². The first-order valence-electron chi connectivity index (χ1n) is 8.60. The average Bonchev–Trinajstić information content (AvgIpc) is 2.45. The molecule has 116 valence electrons. The van der Waals surface area contributed by atoms with Crippen molar-refractivity contribution < 1.29 is 0 Å². The Morgan fingerprint density at radius 2 is 1.55 bits per heavy atom. The van der Waals surface area contributed by atoms with Gasteiger partial charge in [-0.3, -0.25) is 0 Å². The Bertz CT molecular complexity index is 699. The minimum absolute atomic E-state index is 0.201. The van der Waals surface area contributed by atoms with Gasteiger partial charge in [-0.25, -0.2) is 0 Å². The molecule has 0 bridgehead atoms. The number of rotatable bonds is 1. The van der Waals surface area contributed by atoms with E-state index in [-0.39, 0.29) is 5.41 Å². The molecule has 0 heterocycles. The molecule has 0 unspecified atom stereocenters. The second-order valence-electron chi connectivity index (χ2n) is 7.94. The second-order valence-corrected chi connectivity index (χ2v) is 7.94. The summed E-state index contributed by atoms with van der Waals surface area (Å²) in [5.41, 5.74) is 10.5. The van der Waals surface area contributed by atoms with Crippen LogP contribution in [0.1, 0.15) is 61.4 Å². The fourth-order valence-corrected chi connectivity index (χ4v) is 3.65. The largest absolute Gasteiger partial charge is 0.0584 e. The van der Waals surface area contributed by atoms with E-state index >= 15 is 0 Å². The zero-order valence-electron chi connectivity index (χ0n) is 14.7. The second kappa shape index (κ2) is 5.57. The van der Waals surface area contributed by atoms with Crippen LogP contribution in [0.15, 0.2) is 30.3 Å². The van der Waals surface area contributed by atoms with Crippen molar-refractivity contribution >= 4 is 0 Å². The van der Waals surface area contributed by atoms with Crippen LogP contribution in [0.5, 0.6) is 0 Å². The highest BCUT2D eigenvalue weighted by Crippen LogP contribution is 2.36. The van der Waals surface area contributed by atoms with Crippen molar-refractivity contribution in [3.63, 3.8) is 0 Å². The molecule has 0 atom stereocenters. The average molecular weight is 292 g/mol. The monoisotopic (exact) mass is 292 g/mol. The zero-order chi connectivity index (χ0) is 15.9. The summed E-state index contributed by atoms with van der Waals surface area (Å²) in [4.78, 5) is 0. The van der Waals surface area contributed by atoms with Crippen molar-refractivity contribution in [2.24, 2.45) is 0 Å². The predicted molar refractivity (Wildman–Crippen MR) is 96.7 cm³/mol. The summed E-state index contributed by atoms with van der Waals surface area (Å²) in [5.74, 6) is 0. The first-order chi connectivity index (χ1) is 10.4. The van der Waals surface area contributed by atoms with Crippen molar-refractivity contribution in [1.29, 1.82) is 0 Å². The van der Waals surface area contributed by atoms with Gasteiger partial charge in [0.2, 0.25) is 0 Å². The molecule has 0 saturated heterocycles. The fourth-order valence-electron chi connectivity index (χ4n) is 3.65. The topological polar surface area (TPSA) is 0 Å². The first kappa shape index (κ1) is 15.3. The van der Waals surface area contributed by atoms with Gasteiger partial charge in [-0.2, -0.15) is 0 Å². The maximum Gasteiger partial charge on any atom is -0.0132 e. The highest BCUT2D eigenvalue weighted by Gasteiger charge is 2.19. The van der Waals surface area contributed by atoms with Gasteiger partial charge in [0.25, 0.3) is 0 Å². The summed E-state index contributed by atoms with van der Waals surface area (Å²) in [7, 11) is 0. The molecule has 0 heteroatoms.